The van der Waals surface area contributed by atoms with Crippen LogP contribution in [0.2, 0.25) is 0 Å². The first kappa shape index (κ1) is 14.8. The van der Waals surface area contributed by atoms with Crippen molar-refractivity contribution in [3.8, 4) is 0 Å². The first-order chi connectivity index (χ1) is 8.31. The van der Waals surface area contributed by atoms with Crippen LogP contribution in [0, 0.1) is 5.41 Å². The van der Waals surface area contributed by atoms with Gasteiger partial charge in [-0.05, 0) is 25.2 Å². The van der Waals surface area contributed by atoms with E-state index in [0.29, 0.717) is 0 Å². The molecule has 2 unspecified atom stereocenters. The largest absolute Gasteiger partial charge is 0.481 e. The number of carbonyl (C=O) groups is 2. The Kier molecular flexibility index (Phi) is 4.99. The monoisotopic (exact) mass is 256 g/mol. The lowest BCUT2D eigenvalue weighted by molar-refractivity contribution is -0.137. The van der Waals surface area contributed by atoms with E-state index in [9.17, 15) is 9.59 Å². The van der Waals surface area contributed by atoms with Crippen LogP contribution in [0.3, 0.4) is 0 Å². The standard InChI is InChI=1S/C13H24N2O3/c1-9(8-11(16)17)14-12(18)15-10-6-4-5-7-13(10,2)3/h9-10H,4-8H2,1-3H3,(H,16,17)(H2,14,15,18). The fourth-order valence-electron chi connectivity index (χ4n) is 2.50. The van der Waals surface area contributed by atoms with Gasteiger partial charge in [0.15, 0.2) is 0 Å². The SMILES string of the molecule is CC(CC(=O)O)NC(=O)NC1CCCCC1(C)C. The van der Waals surface area contributed by atoms with Crippen molar-refractivity contribution in [2.75, 3.05) is 0 Å². The molecule has 1 rings (SSSR count). The Morgan fingerprint density at radius 3 is 2.61 bits per heavy atom. The molecule has 2 amide bonds. The van der Waals surface area contributed by atoms with E-state index in [4.69, 9.17) is 5.11 Å². The lowest BCUT2D eigenvalue weighted by Crippen LogP contribution is -2.52. The number of amides is 2. The van der Waals surface area contributed by atoms with Gasteiger partial charge in [0.25, 0.3) is 0 Å². The Morgan fingerprint density at radius 1 is 1.39 bits per heavy atom. The van der Waals surface area contributed by atoms with E-state index in [1.54, 1.807) is 6.92 Å². The van der Waals surface area contributed by atoms with E-state index >= 15 is 0 Å². The molecule has 0 aliphatic heterocycles. The van der Waals surface area contributed by atoms with Crippen molar-refractivity contribution in [2.24, 2.45) is 5.41 Å². The lowest BCUT2D eigenvalue weighted by Gasteiger charge is -2.39. The Bertz CT molecular complexity index is 315. The second kappa shape index (κ2) is 6.07. The minimum Gasteiger partial charge on any atom is -0.481 e. The van der Waals surface area contributed by atoms with Crippen LogP contribution in [-0.4, -0.2) is 29.2 Å². The third-order valence-electron chi connectivity index (χ3n) is 3.67. The van der Waals surface area contributed by atoms with Crippen LogP contribution < -0.4 is 10.6 Å². The van der Waals surface area contributed by atoms with Crippen molar-refractivity contribution in [3.63, 3.8) is 0 Å². The van der Waals surface area contributed by atoms with Gasteiger partial charge >= 0.3 is 12.0 Å². The van der Waals surface area contributed by atoms with E-state index in [-0.39, 0.29) is 30.0 Å². The number of aliphatic carboxylic acids is 1. The highest BCUT2D eigenvalue weighted by atomic mass is 16.4. The number of nitrogens with one attached hydrogen (secondary N) is 2. The zero-order chi connectivity index (χ0) is 13.8. The van der Waals surface area contributed by atoms with Crippen LogP contribution in [0.1, 0.15) is 52.9 Å². The highest BCUT2D eigenvalue weighted by Crippen LogP contribution is 2.35. The predicted molar refractivity (Wildman–Crippen MR) is 69.4 cm³/mol. The molecule has 0 aromatic rings. The van der Waals surface area contributed by atoms with Gasteiger partial charge in [0.05, 0.1) is 6.42 Å². The molecule has 1 aliphatic carbocycles. The summed E-state index contributed by atoms with van der Waals surface area (Å²) in [5.74, 6) is -0.902. The number of hydrogen-bond acceptors (Lipinski definition) is 2. The molecule has 0 radical (unpaired) electrons. The van der Waals surface area contributed by atoms with Gasteiger partial charge in [0, 0.05) is 12.1 Å². The molecule has 1 aliphatic rings. The average molecular weight is 256 g/mol. The summed E-state index contributed by atoms with van der Waals surface area (Å²) in [6, 6.07) is -0.443. The van der Waals surface area contributed by atoms with Gasteiger partial charge in [-0.3, -0.25) is 4.79 Å². The quantitative estimate of drug-likeness (QED) is 0.721. The van der Waals surface area contributed by atoms with E-state index in [1.807, 2.05) is 0 Å². The zero-order valence-electron chi connectivity index (χ0n) is 11.5. The summed E-state index contributed by atoms with van der Waals surface area (Å²) in [5, 5.41) is 14.3. The molecule has 18 heavy (non-hydrogen) atoms. The van der Waals surface area contributed by atoms with Crippen molar-refractivity contribution < 1.29 is 14.7 Å². The summed E-state index contributed by atoms with van der Waals surface area (Å²) in [6.45, 7) is 6.02. The molecule has 0 aromatic heterocycles. The molecule has 0 aromatic carbocycles. The van der Waals surface area contributed by atoms with Crippen LogP contribution >= 0.6 is 0 Å². The topological polar surface area (TPSA) is 78.4 Å². The maximum absolute atomic E-state index is 11.8. The van der Waals surface area contributed by atoms with Crippen LogP contribution in [0.25, 0.3) is 0 Å². The molecule has 1 fully saturated rings. The van der Waals surface area contributed by atoms with Crippen molar-refractivity contribution in [1.82, 2.24) is 10.6 Å². The normalized spacial score (nSPS) is 24.1. The maximum Gasteiger partial charge on any atom is 0.315 e. The summed E-state index contributed by atoms with van der Waals surface area (Å²) in [5.41, 5.74) is 0.117. The molecule has 0 heterocycles. The van der Waals surface area contributed by atoms with Gasteiger partial charge in [-0.25, -0.2) is 4.79 Å². The van der Waals surface area contributed by atoms with Crippen molar-refractivity contribution >= 4 is 12.0 Å². The van der Waals surface area contributed by atoms with Gasteiger partial charge in [0.2, 0.25) is 0 Å². The second-order valence-electron chi connectivity index (χ2n) is 5.90. The third-order valence-corrected chi connectivity index (χ3v) is 3.67. The van der Waals surface area contributed by atoms with Crippen molar-refractivity contribution in [2.45, 2.75) is 65.0 Å². The Morgan fingerprint density at radius 2 is 2.06 bits per heavy atom. The van der Waals surface area contributed by atoms with E-state index in [2.05, 4.69) is 24.5 Å². The van der Waals surface area contributed by atoms with E-state index < -0.39 is 5.97 Å². The van der Waals surface area contributed by atoms with E-state index in [0.717, 1.165) is 19.3 Å². The highest BCUT2D eigenvalue weighted by molar-refractivity contribution is 5.76. The average Bonchev–Trinajstić information content (AvgIpc) is 2.19. The third kappa shape index (κ3) is 4.55. The number of carboxylic acids is 1. The molecule has 0 spiro atoms. The van der Waals surface area contributed by atoms with Gasteiger partial charge in [-0.15, -0.1) is 0 Å². The summed E-state index contributed by atoms with van der Waals surface area (Å²) >= 11 is 0. The van der Waals surface area contributed by atoms with Crippen LogP contribution in [0.15, 0.2) is 0 Å². The van der Waals surface area contributed by atoms with Gasteiger partial charge in [0.1, 0.15) is 0 Å². The summed E-state index contributed by atoms with van der Waals surface area (Å²) < 4.78 is 0. The minimum atomic E-state index is -0.902. The fourth-order valence-corrected chi connectivity index (χ4v) is 2.50. The molecule has 5 heteroatoms. The molecule has 3 N–H and O–H groups in total. The smallest absolute Gasteiger partial charge is 0.315 e. The molecule has 2 atom stereocenters. The van der Waals surface area contributed by atoms with Gasteiger partial charge < -0.3 is 15.7 Å². The van der Waals surface area contributed by atoms with Crippen LogP contribution in [0.4, 0.5) is 4.79 Å². The molecule has 104 valence electrons. The second-order valence-corrected chi connectivity index (χ2v) is 5.90. The van der Waals surface area contributed by atoms with Crippen LogP contribution in [0.5, 0.6) is 0 Å². The summed E-state index contributed by atoms with van der Waals surface area (Å²) in [4.78, 5) is 22.3. The molecular formula is C13H24N2O3. The van der Waals surface area contributed by atoms with Crippen molar-refractivity contribution in [1.29, 1.82) is 0 Å². The predicted octanol–water partition coefficient (Wildman–Crippen LogP) is 2.12. The number of urea groups is 1. The number of rotatable bonds is 4. The highest BCUT2D eigenvalue weighted by Gasteiger charge is 2.33. The Balaban J connectivity index is 2.41. The molecule has 0 bridgehead atoms. The fraction of sp³-hybridized carbons (Fsp3) is 0.846. The maximum atomic E-state index is 11.8. The van der Waals surface area contributed by atoms with Gasteiger partial charge in [-0.1, -0.05) is 26.7 Å². The Labute approximate surface area is 108 Å². The zero-order valence-corrected chi connectivity index (χ0v) is 11.5. The van der Waals surface area contributed by atoms with Crippen LogP contribution in [-0.2, 0) is 4.79 Å². The number of hydrogen-bond donors (Lipinski definition) is 3. The minimum absolute atomic E-state index is 0.0541. The summed E-state index contributed by atoms with van der Waals surface area (Å²) in [6.07, 6.45) is 4.40. The summed E-state index contributed by atoms with van der Waals surface area (Å²) in [7, 11) is 0. The molecule has 1 saturated carbocycles. The number of carbonyl (C=O) groups excluding carboxylic acids is 1. The molecule has 5 nitrogen and oxygen atoms in total. The first-order valence-corrected chi connectivity index (χ1v) is 6.60. The number of carboxylic acid groups (broad SMARTS) is 1. The van der Waals surface area contributed by atoms with E-state index in [1.165, 1.54) is 6.42 Å². The molecular weight excluding hydrogens is 232 g/mol. The van der Waals surface area contributed by atoms with Gasteiger partial charge in [-0.2, -0.15) is 0 Å². The first-order valence-electron chi connectivity index (χ1n) is 6.60. The lowest BCUT2D eigenvalue weighted by atomic mass is 9.73. The Hall–Kier alpha value is -1.26. The molecule has 0 saturated heterocycles. The van der Waals surface area contributed by atoms with Crippen molar-refractivity contribution in [3.05, 3.63) is 0 Å².